The van der Waals surface area contributed by atoms with E-state index in [1.807, 2.05) is 24.3 Å². The van der Waals surface area contributed by atoms with Crippen molar-refractivity contribution < 1.29 is 19.8 Å². The minimum Gasteiger partial charge on any atom is -0.478 e. The van der Waals surface area contributed by atoms with Gasteiger partial charge in [0.2, 0.25) is 0 Å². The van der Waals surface area contributed by atoms with E-state index in [2.05, 4.69) is 6.58 Å². The normalized spacial score (nSPS) is 10.2. The van der Waals surface area contributed by atoms with Gasteiger partial charge in [-0.3, -0.25) is 0 Å². The van der Waals surface area contributed by atoms with E-state index in [-0.39, 0.29) is 11.1 Å². The van der Waals surface area contributed by atoms with Crippen LogP contribution in [0.3, 0.4) is 0 Å². The molecule has 2 aromatic carbocycles. The molecule has 112 valence electrons. The van der Waals surface area contributed by atoms with Crippen LogP contribution in [0.15, 0.2) is 55.1 Å². The van der Waals surface area contributed by atoms with Crippen LogP contribution in [0, 0.1) is 0 Å². The molecule has 0 heterocycles. The Kier molecular flexibility index (Phi) is 4.73. The number of carboxylic acid groups (broad SMARTS) is 2. The van der Waals surface area contributed by atoms with Crippen LogP contribution in [0.5, 0.6) is 0 Å². The number of carbonyl (C=O) groups is 2. The Bertz CT molecular complexity index is 732. The SMILES string of the molecule is C=CCc1ccccc1Cc1cccc(C(=O)O)c1C(=O)O. The molecule has 0 spiro atoms. The molecule has 2 aromatic rings. The summed E-state index contributed by atoms with van der Waals surface area (Å²) in [5, 5.41) is 18.5. The summed E-state index contributed by atoms with van der Waals surface area (Å²) in [4.78, 5) is 22.7. The van der Waals surface area contributed by atoms with Crippen molar-refractivity contribution >= 4 is 11.9 Å². The lowest BCUT2D eigenvalue weighted by Gasteiger charge is -2.12. The van der Waals surface area contributed by atoms with E-state index in [0.29, 0.717) is 18.4 Å². The fraction of sp³-hybridized carbons (Fsp3) is 0.111. The van der Waals surface area contributed by atoms with E-state index in [1.54, 1.807) is 18.2 Å². The van der Waals surface area contributed by atoms with Gasteiger partial charge in [0, 0.05) is 0 Å². The average Bonchev–Trinajstić information content (AvgIpc) is 2.49. The largest absolute Gasteiger partial charge is 0.478 e. The van der Waals surface area contributed by atoms with Crippen LogP contribution < -0.4 is 0 Å². The molecular formula is C18H16O4. The van der Waals surface area contributed by atoms with Crippen LogP contribution in [0.25, 0.3) is 0 Å². The minimum atomic E-state index is -1.24. The molecule has 22 heavy (non-hydrogen) atoms. The number of allylic oxidation sites excluding steroid dienone is 1. The van der Waals surface area contributed by atoms with Gasteiger partial charge < -0.3 is 10.2 Å². The Balaban J connectivity index is 2.50. The van der Waals surface area contributed by atoms with E-state index in [4.69, 9.17) is 5.11 Å². The average molecular weight is 296 g/mol. The minimum absolute atomic E-state index is 0.150. The highest BCUT2D eigenvalue weighted by atomic mass is 16.4. The molecule has 4 nitrogen and oxygen atoms in total. The Hall–Kier alpha value is -2.88. The van der Waals surface area contributed by atoms with Crippen molar-refractivity contribution in [3.05, 3.63) is 82.9 Å². The number of benzene rings is 2. The van der Waals surface area contributed by atoms with Gasteiger partial charge in [-0.25, -0.2) is 9.59 Å². The molecule has 0 bridgehead atoms. The zero-order valence-corrected chi connectivity index (χ0v) is 12.0. The molecule has 0 aliphatic heterocycles. The summed E-state index contributed by atoms with van der Waals surface area (Å²) in [6, 6.07) is 12.2. The van der Waals surface area contributed by atoms with Gasteiger partial charge in [-0.05, 0) is 35.6 Å². The van der Waals surface area contributed by atoms with Crippen LogP contribution >= 0.6 is 0 Å². The molecular weight excluding hydrogens is 280 g/mol. The Morgan fingerprint density at radius 1 is 0.909 bits per heavy atom. The Labute approximate surface area is 128 Å². The molecule has 0 aliphatic carbocycles. The van der Waals surface area contributed by atoms with Gasteiger partial charge in [0.15, 0.2) is 0 Å². The third kappa shape index (κ3) is 3.23. The van der Waals surface area contributed by atoms with Gasteiger partial charge in [0.25, 0.3) is 0 Å². The second-order valence-electron chi connectivity index (χ2n) is 4.89. The lowest BCUT2D eigenvalue weighted by Crippen LogP contribution is -2.12. The summed E-state index contributed by atoms with van der Waals surface area (Å²) in [5.41, 5.74) is 2.17. The molecule has 0 aliphatic rings. The Morgan fingerprint density at radius 2 is 1.55 bits per heavy atom. The number of aromatic carboxylic acids is 2. The van der Waals surface area contributed by atoms with Gasteiger partial charge in [-0.1, -0.05) is 42.5 Å². The summed E-state index contributed by atoms with van der Waals surface area (Å²) < 4.78 is 0. The molecule has 0 unspecified atom stereocenters. The summed E-state index contributed by atoms with van der Waals surface area (Å²) in [5.74, 6) is -2.46. The van der Waals surface area contributed by atoms with Crippen LogP contribution in [-0.4, -0.2) is 22.2 Å². The Morgan fingerprint density at radius 3 is 2.14 bits per heavy atom. The van der Waals surface area contributed by atoms with Gasteiger partial charge >= 0.3 is 11.9 Å². The first kappa shape index (κ1) is 15.5. The lowest BCUT2D eigenvalue weighted by molar-refractivity contribution is 0.0650. The van der Waals surface area contributed by atoms with Crippen LogP contribution in [0.4, 0.5) is 0 Å². The van der Waals surface area contributed by atoms with Gasteiger partial charge in [0.05, 0.1) is 11.1 Å². The van der Waals surface area contributed by atoms with Crippen molar-refractivity contribution in [3.8, 4) is 0 Å². The topological polar surface area (TPSA) is 74.6 Å². The molecule has 0 atom stereocenters. The maximum atomic E-state index is 11.5. The van der Waals surface area contributed by atoms with Crippen LogP contribution in [-0.2, 0) is 12.8 Å². The number of hydrogen-bond acceptors (Lipinski definition) is 2. The maximum Gasteiger partial charge on any atom is 0.336 e. The van der Waals surface area contributed by atoms with Crippen molar-refractivity contribution in [2.45, 2.75) is 12.8 Å². The fourth-order valence-electron chi connectivity index (χ4n) is 2.47. The molecule has 2 N–H and O–H groups in total. The number of hydrogen-bond donors (Lipinski definition) is 2. The molecule has 0 saturated heterocycles. The van der Waals surface area contributed by atoms with Crippen molar-refractivity contribution in [3.63, 3.8) is 0 Å². The molecule has 4 heteroatoms. The van der Waals surface area contributed by atoms with E-state index in [0.717, 1.165) is 11.1 Å². The summed E-state index contributed by atoms with van der Waals surface area (Å²) in [7, 11) is 0. The van der Waals surface area contributed by atoms with Crippen LogP contribution in [0.1, 0.15) is 37.4 Å². The molecule has 0 radical (unpaired) electrons. The highest BCUT2D eigenvalue weighted by Crippen LogP contribution is 2.21. The van der Waals surface area contributed by atoms with E-state index < -0.39 is 11.9 Å². The smallest absolute Gasteiger partial charge is 0.336 e. The third-order valence-electron chi connectivity index (χ3n) is 3.46. The van der Waals surface area contributed by atoms with Gasteiger partial charge in [-0.2, -0.15) is 0 Å². The van der Waals surface area contributed by atoms with Crippen molar-refractivity contribution in [1.29, 1.82) is 0 Å². The predicted octanol–water partition coefficient (Wildman–Crippen LogP) is 3.40. The maximum absolute atomic E-state index is 11.5. The zero-order valence-electron chi connectivity index (χ0n) is 12.0. The van der Waals surface area contributed by atoms with E-state index in [9.17, 15) is 14.7 Å². The second-order valence-corrected chi connectivity index (χ2v) is 4.89. The highest BCUT2D eigenvalue weighted by molar-refractivity contribution is 6.02. The first-order chi connectivity index (χ1) is 10.5. The number of carboxylic acids is 2. The molecule has 0 aromatic heterocycles. The second kappa shape index (κ2) is 6.72. The molecule has 0 saturated carbocycles. The van der Waals surface area contributed by atoms with E-state index in [1.165, 1.54) is 6.07 Å². The molecule has 0 fully saturated rings. The monoisotopic (exact) mass is 296 g/mol. The zero-order chi connectivity index (χ0) is 16.1. The van der Waals surface area contributed by atoms with Crippen molar-refractivity contribution in [2.24, 2.45) is 0 Å². The molecule has 0 amide bonds. The van der Waals surface area contributed by atoms with Crippen molar-refractivity contribution in [2.75, 3.05) is 0 Å². The van der Waals surface area contributed by atoms with E-state index >= 15 is 0 Å². The first-order valence-electron chi connectivity index (χ1n) is 6.80. The van der Waals surface area contributed by atoms with Gasteiger partial charge in [-0.15, -0.1) is 6.58 Å². The predicted molar refractivity (Wildman–Crippen MR) is 83.5 cm³/mol. The van der Waals surface area contributed by atoms with Crippen molar-refractivity contribution in [1.82, 2.24) is 0 Å². The summed E-state index contributed by atoms with van der Waals surface area (Å²) in [6.07, 6.45) is 2.83. The standard InChI is InChI=1S/C18H16O4/c1-2-6-12-7-3-4-8-13(12)11-14-9-5-10-15(17(19)20)16(14)18(21)22/h2-5,7-10H,1,6,11H2,(H,19,20)(H,21,22). The summed E-state index contributed by atoms with van der Waals surface area (Å²) >= 11 is 0. The van der Waals surface area contributed by atoms with Gasteiger partial charge in [0.1, 0.15) is 0 Å². The van der Waals surface area contributed by atoms with Crippen LogP contribution in [0.2, 0.25) is 0 Å². The summed E-state index contributed by atoms with van der Waals surface area (Å²) in [6.45, 7) is 3.72. The quantitative estimate of drug-likeness (QED) is 0.801. The highest BCUT2D eigenvalue weighted by Gasteiger charge is 2.20. The molecule has 2 rings (SSSR count). The number of rotatable bonds is 6. The fourth-order valence-corrected chi connectivity index (χ4v) is 2.47. The first-order valence-corrected chi connectivity index (χ1v) is 6.80. The third-order valence-corrected chi connectivity index (χ3v) is 3.46. The lowest BCUT2D eigenvalue weighted by atomic mass is 9.93.